The summed E-state index contributed by atoms with van der Waals surface area (Å²) in [5.74, 6) is 1.86. The molecule has 35 heavy (non-hydrogen) atoms. The van der Waals surface area contributed by atoms with Crippen LogP contribution in [-0.4, -0.2) is 45.0 Å². The predicted molar refractivity (Wildman–Crippen MR) is 135 cm³/mol. The van der Waals surface area contributed by atoms with Gasteiger partial charge in [0, 0.05) is 29.0 Å². The average Bonchev–Trinajstić information content (AvgIpc) is 3.13. The Bertz CT molecular complexity index is 1200. The van der Waals surface area contributed by atoms with Crippen molar-refractivity contribution in [1.29, 1.82) is 0 Å². The van der Waals surface area contributed by atoms with Crippen molar-refractivity contribution in [3.8, 4) is 23.0 Å². The SMILES string of the molecule is COc1cc(NC(=O)c2ccccc2)c(OC)cc1NC(=O)CSc1ccc2c(c1)OCCCO2. The van der Waals surface area contributed by atoms with E-state index in [-0.39, 0.29) is 17.6 Å². The number of ether oxygens (including phenoxy) is 4. The van der Waals surface area contributed by atoms with Gasteiger partial charge in [-0.3, -0.25) is 9.59 Å². The summed E-state index contributed by atoms with van der Waals surface area (Å²) in [6.07, 6.45) is 0.833. The van der Waals surface area contributed by atoms with E-state index in [1.54, 1.807) is 36.4 Å². The lowest BCUT2D eigenvalue weighted by molar-refractivity contribution is -0.113. The van der Waals surface area contributed by atoms with Crippen LogP contribution in [0.5, 0.6) is 23.0 Å². The molecule has 8 nitrogen and oxygen atoms in total. The van der Waals surface area contributed by atoms with E-state index in [0.717, 1.165) is 11.3 Å². The Morgan fingerprint density at radius 1 is 0.857 bits per heavy atom. The molecule has 2 amide bonds. The highest BCUT2D eigenvalue weighted by molar-refractivity contribution is 8.00. The molecule has 9 heteroatoms. The maximum absolute atomic E-state index is 12.7. The first-order valence-corrected chi connectivity index (χ1v) is 12.0. The highest BCUT2D eigenvalue weighted by Crippen LogP contribution is 2.37. The summed E-state index contributed by atoms with van der Waals surface area (Å²) in [6, 6.07) is 17.7. The summed E-state index contributed by atoms with van der Waals surface area (Å²) >= 11 is 1.38. The van der Waals surface area contributed by atoms with Crippen molar-refractivity contribution >= 4 is 35.0 Å². The second kappa shape index (κ2) is 11.5. The predicted octanol–water partition coefficient (Wildman–Crippen LogP) is 4.85. The van der Waals surface area contributed by atoms with Gasteiger partial charge in [0.2, 0.25) is 5.91 Å². The number of fused-ring (bicyclic) bond motifs is 1. The summed E-state index contributed by atoms with van der Waals surface area (Å²) in [6.45, 7) is 1.23. The van der Waals surface area contributed by atoms with Crippen LogP contribution in [0.2, 0.25) is 0 Å². The van der Waals surface area contributed by atoms with Gasteiger partial charge in [0.1, 0.15) is 11.5 Å². The van der Waals surface area contributed by atoms with Gasteiger partial charge in [-0.1, -0.05) is 18.2 Å². The lowest BCUT2D eigenvalue weighted by Crippen LogP contribution is -2.16. The Morgan fingerprint density at radius 3 is 2.20 bits per heavy atom. The smallest absolute Gasteiger partial charge is 0.255 e. The highest BCUT2D eigenvalue weighted by Gasteiger charge is 2.17. The number of methoxy groups -OCH3 is 2. The molecule has 0 bridgehead atoms. The summed E-state index contributed by atoms with van der Waals surface area (Å²) in [5, 5.41) is 5.68. The largest absolute Gasteiger partial charge is 0.494 e. The van der Waals surface area contributed by atoms with Crippen LogP contribution in [-0.2, 0) is 4.79 Å². The van der Waals surface area contributed by atoms with Crippen molar-refractivity contribution in [3.05, 3.63) is 66.2 Å². The fourth-order valence-corrected chi connectivity index (χ4v) is 4.17. The van der Waals surface area contributed by atoms with Gasteiger partial charge in [-0.2, -0.15) is 0 Å². The van der Waals surface area contributed by atoms with Crippen LogP contribution in [0.15, 0.2) is 65.6 Å². The van der Waals surface area contributed by atoms with Crippen molar-refractivity contribution in [3.63, 3.8) is 0 Å². The summed E-state index contributed by atoms with van der Waals surface area (Å²) in [7, 11) is 2.98. The van der Waals surface area contributed by atoms with Crippen LogP contribution >= 0.6 is 11.8 Å². The van der Waals surface area contributed by atoms with Gasteiger partial charge in [0.05, 0.1) is 44.6 Å². The van der Waals surface area contributed by atoms with Crippen molar-refractivity contribution in [1.82, 2.24) is 0 Å². The molecule has 0 fully saturated rings. The Labute approximate surface area is 207 Å². The number of thioether (sulfide) groups is 1. The van der Waals surface area contributed by atoms with Crippen LogP contribution in [0.3, 0.4) is 0 Å². The summed E-state index contributed by atoms with van der Waals surface area (Å²) in [5.41, 5.74) is 1.38. The molecular formula is C26H26N2O6S. The third kappa shape index (κ3) is 6.19. The zero-order chi connectivity index (χ0) is 24.6. The average molecular weight is 495 g/mol. The maximum Gasteiger partial charge on any atom is 0.255 e. The first kappa shape index (κ1) is 24.3. The number of hydrogen-bond acceptors (Lipinski definition) is 7. The van der Waals surface area contributed by atoms with Gasteiger partial charge in [-0.05, 0) is 30.3 Å². The molecule has 4 rings (SSSR count). The molecule has 182 valence electrons. The van der Waals surface area contributed by atoms with Gasteiger partial charge < -0.3 is 29.6 Å². The topological polar surface area (TPSA) is 95.1 Å². The zero-order valence-corrected chi connectivity index (χ0v) is 20.3. The van der Waals surface area contributed by atoms with Crippen LogP contribution in [0.25, 0.3) is 0 Å². The Hall–Kier alpha value is -3.85. The van der Waals surface area contributed by atoms with Crippen molar-refractivity contribution in [2.24, 2.45) is 0 Å². The minimum atomic E-state index is -0.283. The van der Waals surface area contributed by atoms with Crippen molar-refractivity contribution < 1.29 is 28.5 Å². The second-order valence-electron chi connectivity index (χ2n) is 7.57. The molecule has 0 aliphatic carbocycles. The molecule has 0 saturated heterocycles. The molecular weight excluding hydrogens is 468 g/mol. The van der Waals surface area contributed by atoms with E-state index in [9.17, 15) is 9.59 Å². The fraction of sp³-hybridized carbons (Fsp3) is 0.231. The molecule has 1 heterocycles. The lowest BCUT2D eigenvalue weighted by atomic mass is 10.2. The van der Waals surface area contributed by atoms with Gasteiger partial charge in [-0.25, -0.2) is 0 Å². The Balaban J connectivity index is 1.43. The van der Waals surface area contributed by atoms with Gasteiger partial charge >= 0.3 is 0 Å². The van der Waals surface area contributed by atoms with Gasteiger partial charge in [0.25, 0.3) is 5.91 Å². The fourth-order valence-electron chi connectivity index (χ4n) is 3.45. The summed E-state index contributed by atoms with van der Waals surface area (Å²) in [4.78, 5) is 26.2. The third-order valence-corrected chi connectivity index (χ3v) is 6.16. The number of hydrogen-bond donors (Lipinski definition) is 2. The van der Waals surface area contributed by atoms with Gasteiger partial charge in [-0.15, -0.1) is 11.8 Å². The quantitative estimate of drug-likeness (QED) is 0.432. The number of carbonyl (C=O) groups excluding carboxylic acids is 2. The lowest BCUT2D eigenvalue weighted by Gasteiger charge is -2.16. The highest BCUT2D eigenvalue weighted by atomic mass is 32.2. The van der Waals surface area contributed by atoms with Crippen LogP contribution in [0.1, 0.15) is 16.8 Å². The van der Waals surface area contributed by atoms with Gasteiger partial charge in [0.15, 0.2) is 11.5 Å². The molecule has 3 aromatic rings. The first-order valence-electron chi connectivity index (χ1n) is 11.0. The molecule has 0 atom stereocenters. The van der Waals surface area contributed by atoms with Crippen LogP contribution in [0, 0.1) is 0 Å². The normalized spacial score (nSPS) is 12.3. The maximum atomic E-state index is 12.7. The van der Waals surface area contributed by atoms with E-state index in [4.69, 9.17) is 18.9 Å². The first-order chi connectivity index (χ1) is 17.1. The van der Waals surface area contributed by atoms with E-state index < -0.39 is 0 Å². The Morgan fingerprint density at radius 2 is 1.51 bits per heavy atom. The van der Waals surface area contributed by atoms with E-state index in [0.29, 0.717) is 53.2 Å². The molecule has 2 N–H and O–H groups in total. The van der Waals surface area contributed by atoms with Crippen LogP contribution < -0.4 is 29.6 Å². The molecule has 0 saturated carbocycles. The standard InChI is InChI=1S/C26H26N2O6S/c1-31-22-15-20(28-26(30)17-7-4-3-5-8-17)23(32-2)14-19(22)27-25(29)16-35-18-9-10-21-24(13-18)34-12-6-11-33-21/h3-5,7-10,13-15H,6,11-12,16H2,1-2H3,(H,27,29)(H,28,30). The molecule has 0 spiro atoms. The monoisotopic (exact) mass is 494 g/mol. The zero-order valence-electron chi connectivity index (χ0n) is 19.5. The minimum absolute atomic E-state index is 0.178. The number of anilines is 2. The second-order valence-corrected chi connectivity index (χ2v) is 8.62. The van der Waals surface area contributed by atoms with E-state index in [1.165, 1.54) is 26.0 Å². The summed E-state index contributed by atoms with van der Waals surface area (Å²) < 4.78 is 22.3. The van der Waals surface area contributed by atoms with Crippen molar-refractivity contribution in [2.45, 2.75) is 11.3 Å². The minimum Gasteiger partial charge on any atom is -0.494 e. The number of rotatable bonds is 8. The molecule has 0 unspecified atom stereocenters. The third-order valence-electron chi connectivity index (χ3n) is 5.17. The molecule has 0 aromatic heterocycles. The molecule has 0 radical (unpaired) electrons. The number of nitrogens with one attached hydrogen (secondary N) is 2. The number of benzene rings is 3. The van der Waals surface area contributed by atoms with Crippen LogP contribution in [0.4, 0.5) is 11.4 Å². The van der Waals surface area contributed by atoms with E-state index in [1.807, 2.05) is 24.3 Å². The molecule has 3 aromatic carbocycles. The number of amides is 2. The number of carbonyl (C=O) groups is 2. The van der Waals surface area contributed by atoms with E-state index >= 15 is 0 Å². The Kier molecular flexibility index (Phi) is 7.99. The van der Waals surface area contributed by atoms with Crippen molar-refractivity contribution in [2.75, 3.05) is 43.8 Å². The molecule has 1 aliphatic rings. The van der Waals surface area contributed by atoms with E-state index in [2.05, 4.69) is 10.6 Å². The molecule has 1 aliphatic heterocycles.